The first-order chi connectivity index (χ1) is 8.28. The minimum atomic E-state index is -4.42. The van der Waals surface area contributed by atoms with Gasteiger partial charge >= 0.3 is 12.2 Å². The second kappa shape index (κ2) is 6.12. The second-order valence-electron chi connectivity index (χ2n) is 3.17. The van der Waals surface area contributed by atoms with Crippen LogP contribution in [0.4, 0.5) is 23.7 Å². The third-order valence-corrected chi connectivity index (χ3v) is 2.23. The van der Waals surface area contributed by atoms with Crippen LogP contribution >= 0.6 is 23.2 Å². The SMILES string of the molecule is O=C(NNCC(F)(F)F)Nc1cc(Cl)ccc1Cl. The van der Waals surface area contributed by atoms with Gasteiger partial charge in [-0.2, -0.15) is 13.2 Å². The summed E-state index contributed by atoms with van der Waals surface area (Å²) in [6.45, 7) is -1.34. The molecule has 1 aromatic carbocycles. The van der Waals surface area contributed by atoms with E-state index in [1.54, 1.807) is 5.43 Å². The Morgan fingerprint density at radius 1 is 1.28 bits per heavy atom. The van der Waals surface area contributed by atoms with Gasteiger partial charge in [0.15, 0.2) is 0 Å². The van der Waals surface area contributed by atoms with E-state index in [1.165, 1.54) is 18.2 Å². The molecule has 0 fully saturated rings. The predicted octanol–water partition coefficient (Wildman–Crippen LogP) is 3.18. The number of hydrogen-bond acceptors (Lipinski definition) is 2. The van der Waals surface area contributed by atoms with Gasteiger partial charge in [-0.15, -0.1) is 0 Å². The van der Waals surface area contributed by atoms with Crippen LogP contribution in [-0.4, -0.2) is 18.8 Å². The van der Waals surface area contributed by atoms with Crippen molar-refractivity contribution < 1.29 is 18.0 Å². The van der Waals surface area contributed by atoms with Crippen LogP contribution < -0.4 is 16.2 Å². The van der Waals surface area contributed by atoms with Crippen LogP contribution in [0.15, 0.2) is 18.2 Å². The summed E-state index contributed by atoms with van der Waals surface area (Å²) in [5, 5.41) is 2.79. The second-order valence-corrected chi connectivity index (χ2v) is 4.02. The van der Waals surface area contributed by atoms with Crippen LogP contribution in [0.25, 0.3) is 0 Å². The average Bonchev–Trinajstić information content (AvgIpc) is 2.21. The number of benzene rings is 1. The molecule has 3 N–H and O–H groups in total. The standard InChI is InChI=1S/C9H8Cl2F3N3O/c10-5-1-2-6(11)7(3-5)16-8(18)17-15-4-9(12,13)14/h1-3,15H,4H2,(H2,16,17,18). The van der Waals surface area contributed by atoms with Crippen molar-refractivity contribution >= 4 is 34.9 Å². The zero-order valence-corrected chi connectivity index (χ0v) is 10.2. The first-order valence-corrected chi connectivity index (χ1v) is 5.35. The molecule has 0 aromatic heterocycles. The third-order valence-electron chi connectivity index (χ3n) is 1.67. The van der Waals surface area contributed by atoms with E-state index in [-0.39, 0.29) is 10.7 Å². The Labute approximate surface area is 110 Å². The van der Waals surface area contributed by atoms with Gasteiger partial charge in [-0.1, -0.05) is 23.2 Å². The molecule has 100 valence electrons. The fourth-order valence-electron chi connectivity index (χ4n) is 0.972. The maximum Gasteiger partial charge on any atom is 0.402 e. The van der Waals surface area contributed by atoms with E-state index in [2.05, 4.69) is 5.32 Å². The van der Waals surface area contributed by atoms with Gasteiger partial charge in [0, 0.05) is 5.02 Å². The lowest BCUT2D eigenvalue weighted by atomic mass is 10.3. The van der Waals surface area contributed by atoms with Gasteiger partial charge < -0.3 is 5.32 Å². The summed E-state index contributed by atoms with van der Waals surface area (Å²) in [5.41, 5.74) is 3.72. The van der Waals surface area contributed by atoms with Gasteiger partial charge in [-0.25, -0.2) is 10.2 Å². The highest BCUT2D eigenvalue weighted by Crippen LogP contribution is 2.25. The molecule has 0 bridgehead atoms. The number of halogens is 5. The molecule has 0 saturated heterocycles. The molecule has 0 radical (unpaired) electrons. The van der Waals surface area contributed by atoms with Crippen molar-refractivity contribution in [3.05, 3.63) is 28.2 Å². The summed E-state index contributed by atoms with van der Waals surface area (Å²) in [5.74, 6) is 0. The van der Waals surface area contributed by atoms with E-state index in [9.17, 15) is 18.0 Å². The fraction of sp³-hybridized carbons (Fsp3) is 0.222. The normalized spacial score (nSPS) is 11.2. The van der Waals surface area contributed by atoms with Gasteiger partial charge in [-0.05, 0) is 18.2 Å². The monoisotopic (exact) mass is 301 g/mol. The van der Waals surface area contributed by atoms with Crippen LogP contribution in [0.2, 0.25) is 10.0 Å². The van der Waals surface area contributed by atoms with E-state index in [0.29, 0.717) is 5.02 Å². The van der Waals surface area contributed by atoms with E-state index >= 15 is 0 Å². The van der Waals surface area contributed by atoms with Crippen molar-refractivity contribution in [3.63, 3.8) is 0 Å². The van der Waals surface area contributed by atoms with Gasteiger partial charge in [0.1, 0.15) is 6.54 Å². The van der Waals surface area contributed by atoms with Crippen LogP contribution in [0, 0.1) is 0 Å². The van der Waals surface area contributed by atoms with E-state index in [4.69, 9.17) is 23.2 Å². The van der Waals surface area contributed by atoms with E-state index < -0.39 is 18.8 Å². The quantitative estimate of drug-likeness (QED) is 0.751. The van der Waals surface area contributed by atoms with Crippen molar-refractivity contribution in [2.75, 3.05) is 11.9 Å². The molecule has 4 nitrogen and oxygen atoms in total. The number of alkyl halides is 3. The Balaban J connectivity index is 2.47. The smallest absolute Gasteiger partial charge is 0.305 e. The Bertz CT molecular complexity index is 440. The number of amides is 2. The topological polar surface area (TPSA) is 53.2 Å². The molecule has 0 spiro atoms. The molecule has 9 heteroatoms. The minimum absolute atomic E-state index is 0.190. The Morgan fingerprint density at radius 2 is 1.94 bits per heavy atom. The first kappa shape index (κ1) is 14.9. The minimum Gasteiger partial charge on any atom is -0.305 e. The van der Waals surface area contributed by atoms with Crippen LogP contribution in [0.5, 0.6) is 0 Å². The summed E-state index contributed by atoms with van der Waals surface area (Å²) in [4.78, 5) is 11.2. The van der Waals surface area contributed by atoms with Crippen molar-refractivity contribution in [1.82, 2.24) is 10.9 Å². The van der Waals surface area contributed by atoms with Crippen molar-refractivity contribution in [2.45, 2.75) is 6.18 Å². The average molecular weight is 302 g/mol. The molecular formula is C9H8Cl2F3N3O. The number of carbonyl (C=O) groups excluding carboxylic acids is 1. The molecule has 0 heterocycles. The highest BCUT2D eigenvalue weighted by molar-refractivity contribution is 6.35. The molecule has 0 aliphatic carbocycles. The molecule has 18 heavy (non-hydrogen) atoms. The molecule has 0 aliphatic rings. The zero-order chi connectivity index (χ0) is 13.8. The van der Waals surface area contributed by atoms with E-state index in [0.717, 1.165) is 0 Å². The highest BCUT2D eigenvalue weighted by Gasteiger charge is 2.26. The fourth-order valence-corrected chi connectivity index (χ4v) is 1.31. The summed E-state index contributed by atoms with van der Waals surface area (Å²) < 4.78 is 35.3. The molecule has 0 unspecified atom stereocenters. The summed E-state index contributed by atoms with van der Waals surface area (Å²) in [6, 6.07) is 3.44. The van der Waals surface area contributed by atoms with Crippen molar-refractivity contribution in [2.24, 2.45) is 0 Å². The number of carbonyl (C=O) groups is 1. The van der Waals surface area contributed by atoms with Gasteiger partial charge in [0.2, 0.25) is 0 Å². The third kappa shape index (κ3) is 5.44. The molecule has 0 atom stereocenters. The Kier molecular flexibility index (Phi) is 5.06. The first-order valence-electron chi connectivity index (χ1n) is 4.59. The number of hydrogen-bond donors (Lipinski definition) is 3. The largest absolute Gasteiger partial charge is 0.402 e. The Morgan fingerprint density at radius 3 is 2.56 bits per heavy atom. The maximum atomic E-state index is 11.8. The highest BCUT2D eigenvalue weighted by atomic mass is 35.5. The van der Waals surface area contributed by atoms with E-state index in [1.807, 2.05) is 5.43 Å². The molecule has 0 aliphatic heterocycles. The predicted molar refractivity (Wildman–Crippen MR) is 62.7 cm³/mol. The summed E-state index contributed by atoms with van der Waals surface area (Å²) in [7, 11) is 0. The number of anilines is 1. The Hall–Kier alpha value is -1.18. The van der Waals surface area contributed by atoms with Gasteiger partial charge in [0.05, 0.1) is 10.7 Å². The lowest BCUT2D eigenvalue weighted by Gasteiger charge is -2.11. The number of rotatable bonds is 3. The number of urea groups is 1. The lowest BCUT2D eigenvalue weighted by molar-refractivity contribution is -0.125. The maximum absolute atomic E-state index is 11.8. The zero-order valence-electron chi connectivity index (χ0n) is 8.74. The number of hydrazine groups is 1. The van der Waals surface area contributed by atoms with Crippen LogP contribution in [0.3, 0.4) is 0 Å². The molecule has 0 saturated carbocycles. The van der Waals surface area contributed by atoms with Gasteiger partial charge in [-0.3, -0.25) is 5.43 Å². The number of nitrogens with one attached hydrogen (secondary N) is 3. The van der Waals surface area contributed by atoms with Crippen molar-refractivity contribution in [1.29, 1.82) is 0 Å². The molecular weight excluding hydrogens is 294 g/mol. The van der Waals surface area contributed by atoms with Gasteiger partial charge in [0.25, 0.3) is 0 Å². The van der Waals surface area contributed by atoms with Crippen LogP contribution in [0.1, 0.15) is 0 Å². The lowest BCUT2D eigenvalue weighted by Crippen LogP contribution is -2.44. The molecule has 1 aromatic rings. The molecule has 2 amide bonds. The summed E-state index contributed by atoms with van der Waals surface area (Å²) in [6.07, 6.45) is -4.42. The van der Waals surface area contributed by atoms with Crippen molar-refractivity contribution in [3.8, 4) is 0 Å². The molecule has 1 rings (SSSR count). The summed E-state index contributed by atoms with van der Waals surface area (Å²) >= 11 is 11.4. The van der Waals surface area contributed by atoms with Crippen LogP contribution in [-0.2, 0) is 0 Å².